The average molecular weight is 334 g/mol. The zero-order valence-electron chi connectivity index (χ0n) is 11.9. The van der Waals surface area contributed by atoms with Crippen molar-refractivity contribution in [2.24, 2.45) is 0 Å². The largest absolute Gasteiger partial charge is 0.465 e. The number of amides is 2. The first kappa shape index (κ1) is 16.5. The summed E-state index contributed by atoms with van der Waals surface area (Å²) in [6, 6.07) is 13.8. The van der Waals surface area contributed by atoms with Gasteiger partial charge in [0.1, 0.15) is 6.54 Å². The SMILES string of the molecule is O=C(O)NCC(=O)Nc1ccccc1S(=O)(=O)c1ccccc1. The van der Waals surface area contributed by atoms with E-state index in [9.17, 15) is 18.0 Å². The van der Waals surface area contributed by atoms with Crippen LogP contribution in [0.5, 0.6) is 0 Å². The van der Waals surface area contributed by atoms with Gasteiger partial charge < -0.3 is 15.7 Å². The van der Waals surface area contributed by atoms with Crippen molar-refractivity contribution in [3.05, 3.63) is 54.6 Å². The molecule has 0 atom stereocenters. The van der Waals surface area contributed by atoms with Gasteiger partial charge in [0.15, 0.2) is 0 Å². The molecule has 0 fully saturated rings. The Hall–Kier alpha value is -2.87. The Morgan fingerprint density at radius 3 is 2.22 bits per heavy atom. The maximum absolute atomic E-state index is 12.6. The Bertz CT molecular complexity index is 819. The van der Waals surface area contributed by atoms with Crippen molar-refractivity contribution in [2.45, 2.75) is 9.79 Å². The highest BCUT2D eigenvalue weighted by Crippen LogP contribution is 2.27. The van der Waals surface area contributed by atoms with E-state index in [2.05, 4.69) is 5.32 Å². The van der Waals surface area contributed by atoms with Gasteiger partial charge in [0.25, 0.3) is 0 Å². The summed E-state index contributed by atoms with van der Waals surface area (Å²) in [4.78, 5) is 22.1. The lowest BCUT2D eigenvalue weighted by Gasteiger charge is -2.11. The Balaban J connectivity index is 2.31. The van der Waals surface area contributed by atoms with Gasteiger partial charge in [0.05, 0.1) is 15.5 Å². The number of benzene rings is 2. The monoisotopic (exact) mass is 334 g/mol. The van der Waals surface area contributed by atoms with Gasteiger partial charge in [-0.25, -0.2) is 13.2 Å². The number of carbonyl (C=O) groups excluding carboxylic acids is 1. The van der Waals surface area contributed by atoms with Crippen LogP contribution in [-0.4, -0.2) is 32.1 Å². The van der Waals surface area contributed by atoms with E-state index in [0.717, 1.165) is 0 Å². The molecule has 0 saturated carbocycles. The second-order valence-corrected chi connectivity index (χ2v) is 6.44. The Morgan fingerprint density at radius 2 is 1.57 bits per heavy atom. The molecule has 2 aromatic carbocycles. The van der Waals surface area contributed by atoms with E-state index >= 15 is 0 Å². The second-order valence-electron chi connectivity index (χ2n) is 4.52. The first-order valence-corrected chi connectivity index (χ1v) is 8.05. The van der Waals surface area contributed by atoms with Crippen molar-refractivity contribution in [3.63, 3.8) is 0 Å². The van der Waals surface area contributed by atoms with Crippen LogP contribution < -0.4 is 10.6 Å². The summed E-state index contributed by atoms with van der Waals surface area (Å²) in [7, 11) is -3.80. The lowest BCUT2D eigenvalue weighted by atomic mass is 10.3. The zero-order chi connectivity index (χ0) is 16.9. The van der Waals surface area contributed by atoms with Crippen LogP contribution in [0.1, 0.15) is 0 Å². The molecule has 0 spiro atoms. The minimum Gasteiger partial charge on any atom is -0.465 e. The maximum Gasteiger partial charge on any atom is 0.405 e. The molecule has 2 rings (SSSR count). The third-order valence-electron chi connectivity index (χ3n) is 2.90. The third kappa shape index (κ3) is 4.07. The van der Waals surface area contributed by atoms with Crippen LogP contribution in [0.2, 0.25) is 0 Å². The highest BCUT2D eigenvalue weighted by Gasteiger charge is 2.21. The summed E-state index contributed by atoms with van der Waals surface area (Å²) in [5, 5.41) is 12.8. The topological polar surface area (TPSA) is 113 Å². The van der Waals surface area contributed by atoms with E-state index < -0.39 is 28.4 Å². The van der Waals surface area contributed by atoms with E-state index in [1.807, 2.05) is 5.32 Å². The van der Waals surface area contributed by atoms with Crippen LogP contribution in [0.25, 0.3) is 0 Å². The standard InChI is InChI=1S/C15H14N2O5S/c18-14(10-16-15(19)20)17-12-8-4-5-9-13(12)23(21,22)11-6-2-1-3-7-11/h1-9,16H,10H2,(H,17,18)(H,19,20). The number of rotatable bonds is 5. The van der Waals surface area contributed by atoms with E-state index in [0.29, 0.717) is 0 Å². The van der Waals surface area contributed by atoms with Gasteiger partial charge in [-0.2, -0.15) is 0 Å². The third-order valence-corrected chi connectivity index (χ3v) is 4.73. The van der Waals surface area contributed by atoms with Crippen LogP contribution in [0.15, 0.2) is 64.4 Å². The molecule has 23 heavy (non-hydrogen) atoms. The first-order valence-electron chi connectivity index (χ1n) is 6.57. The summed E-state index contributed by atoms with van der Waals surface area (Å²) in [5.74, 6) is -0.664. The van der Waals surface area contributed by atoms with Crippen LogP contribution in [-0.2, 0) is 14.6 Å². The lowest BCUT2D eigenvalue weighted by molar-refractivity contribution is -0.115. The van der Waals surface area contributed by atoms with E-state index in [1.165, 1.54) is 24.3 Å². The number of nitrogens with one attached hydrogen (secondary N) is 2. The van der Waals surface area contributed by atoms with Gasteiger partial charge in [-0.15, -0.1) is 0 Å². The number of hydrogen-bond donors (Lipinski definition) is 3. The minimum absolute atomic E-state index is 0.0603. The lowest BCUT2D eigenvalue weighted by Crippen LogP contribution is -2.31. The molecule has 0 radical (unpaired) electrons. The molecule has 0 saturated heterocycles. The molecule has 0 bridgehead atoms. The molecular weight excluding hydrogens is 320 g/mol. The number of para-hydroxylation sites is 1. The van der Waals surface area contributed by atoms with Crippen molar-refractivity contribution >= 4 is 27.5 Å². The van der Waals surface area contributed by atoms with Crippen molar-refractivity contribution in [1.29, 1.82) is 0 Å². The Morgan fingerprint density at radius 1 is 0.957 bits per heavy atom. The smallest absolute Gasteiger partial charge is 0.405 e. The molecule has 120 valence electrons. The Kier molecular flexibility index (Phi) is 4.97. The molecule has 0 aliphatic rings. The first-order chi connectivity index (χ1) is 10.9. The van der Waals surface area contributed by atoms with Crippen LogP contribution in [0.4, 0.5) is 10.5 Å². The quantitative estimate of drug-likeness (QED) is 0.771. The van der Waals surface area contributed by atoms with Crippen molar-refractivity contribution in [1.82, 2.24) is 5.32 Å². The molecule has 7 nitrogen and oxygen atoms in total. The molecule has 0 unspecified atom stereocenters. The van der Waals surface area contributed by atoms with Gasteiger partial charge in [-0.1, -0.05) is 30.3 Å². The maximum atomic E-state index is 12.6. The molecular formula is C15H14N2O5S. The predicted molar refractivity (Wildman–Crippen MR) is 83.0 cm³/mol. The van der Waals surface area contributed by atoms with Gasteiger partial charge in [0, 0.05) is 0 Å². The highest BCUT2D eigenvalue weighted by molar-refractivity contribution is 7.91. The highest BCUT2D eigenvalue weighted by atomic mass is 32.2. The van der Waals surface area contributed by atoms with Gasteiger partial charge >= 0.3 is 6.09 Å². The van der Waals surface area contributed by atoms with Gasteiger partial charge in [-0.3, -0.25) is 4.79 Å². The second kappa shape index (κ2) is 6.93. The van der Waals surface area contributed by atoms with E-state index in [1.54, 1.807) is 30.3 Å². The van der Waals surface area contributed by atoms with E-state index in [4.69, 9.17) is 5.11 Å². The van der Waals surface area contributed by atoms with Crippen molar-refractivity contribution in [2.75, 3.05) is 11.9 Å². The summed E-state index contributed by atoms with van der Waals surface area (Å²) in [5.41, 5.74) is 0.0912. The number of anilines is 1. The summed E-state index contributed by atoms with van der Waals surface area (Å²) in [6.45, 7) is -0.477. The zero-order valence-corrected chi connectivity index (χ0v) is 12.7. The molecule has 0 aliphatic carbocycles. The molecule has 8 heteroatoms. The number of sulfone groups is 1. The van der Waals surface area contributed by atoms with Crippen LogP contribution in [0.3, 0.4) is 0 Å². The van der Waals surface area contributed by atoms with Crippen LogP contribution in [0, 0.1) is 0 Å². The fourth-order valence-electron chi connectivity index (χ4n) is 1.88. The molecule has 0 aromatic heterocycles. The molecule has 3 N–H and O–H groups in total. The molecule has 2 aromatic rings. The average Bonchev–Trinajstić information content (AvgIpc) is 2.54. The number of carboxylic acid groups (broad SMARTS) is 1. The fraction of sp³-hybridized carbons (Fsp3) is 0.0667. The normalized spacial score (nSPS) is 10.8. The summed E-state index contributed by atoms with van der Waals surface area (Å²) >= 11 is 0. The van der Waals surface area contributed by atoms with Gasteiger partial charge in [-0.05, 0) is 24.3 Å². The van der Waals surface area contributed by atoms with Gasteiger partial charge in [0.2, 0.25) is 15.7 Å². The summed E-state index contributed by atoms with van der Waals surface area (Å²) < 4.78 is 25.3. The number of hydrogen-bond acceptors (Lipinski definition) is 4. The van der Waals surface area contributed by atoms with Crippen molar-refractivity contribution < 1.29 is 23.1 Å². The van der Waals surface area contributed by atoms with Crippen LogP contribution >= 0.6 is 0 Å². The fourth-order valence-corrected chi connectivity index (χ4v) is 3.32. The molecule has 0 aliphatic heterocycles. The molecule has 2 amide bonds. The molecule has 0 heterocycles. The van der Waals surface area contributed by atoms with E-state index in [-0.39, 0.29) is 15.5 Å². The number of carbonyl (C=O) groups is 2. The predicted octanol–water partition coefficient (Wildman–Crippen LogP) is 1.73. The van der Waals surface area contributed by atoms with Crippen molar-refractivity contribution in [3.8, 4) is 0 Å². The summed E-state index contributed by atoms with van der Waals surface area (Å²) in [6.07, 6.45) is -1.34. The Labute approximate surface area is 132 Å². The minimum atomic E-state index is -3.80.